The van der Waals surface area contributed by atoms with E-state index in [9.17, 15) is 13.6 Å². The predicted molar refractivity (Wildman–Crippen MR) is 127 cm³/mol. The lowest BCUT2D eigenvalue weighted by Crippen LogP contribution is -2.26. The maximum absolute atomic E-state index is 14.8. The monoisotopic (exact) mass is 446 g/mol. The van der Waals surface area contributed by atoms with Crippen LogP contribution in [-0.4, -0.2) is 29.9 Å². The van der Waals surface area contributed by atoms with Gasteiger partial charge in [0.2, 0.25) is 0 Å². The van der Waals surface area contributed by atoms with Crippen molar-refractivity contribution in [3.8, 4) is 0 Å². The van der Waals surface area contributed by atoms with Gasteiger partial charge in [-0.3, -0.25) is 9.69 Å². The van der Waals surface area contributed by atoms with Crippen LogP contribution in [0.5, 0.6) is 0 Å². The molecule has 3 aromatic rings. The molecule has 1 saturated heterocycles. The first-order chi connectivity index (χ1) is 16.1. The van der Waals surface area contributed by atoms with E-state index in [1.807, 2.05) is 18.2 Å². The lowest BCUT2D eigenvalue weighted by Gasteiger charge is -2.18. The normalized spacial score (nSPS) is 18.9. The summed E-state index contributed by atoms with van der Waals surface area (Å²) >= 11 is 0. The van der Waals surface area contributed by atoms with Crippen LogP contribution < -0.4 is 16.0 Å². The number of halogens is 2. The minimum Gasteiger partial charge on any atom is -0.379 e. The molecule has 1 amide bonds. The smallest absolute Gasteiger partial charge is 0.257 e. The van der Waals surface area contributed by atoms with Crippen molar-refractivity contribution in [3.05, 3.63) is 95.7 Å². The van der Waals surface area contributed by atoms with Crippen molar-refractivity contribution in [1.29, 1.82) is 0 Å². The Labute approximate surface area is 191 Å². The lowest BCUT2D eigenvalue weighted by molar-refractivity contribution is -0.110. The molecule has 0 saturated carbocycles. The van der Waals surface area contributed by atoms with Crippen LogP contribution in [0.15, 0.2) is 72.9 Å². The van der Waals surface area contributed by atoms with Crippen molar-refractivity contribution in [2.75, 3.05) is 29.0 Å². The molecule has 0 aliphatic carbocycles. The summed E-state index contributed by atoms with van der Waals surface area (Å²) in [5.74, 6) is -1.27. The SMILES string of the molecule is O=C1Nc2cccc(F)c2C1=CNc1ccc(NC2CCN(Cc3ccccc3)C2)c(F)c1. The highest BCUT2D eigenvalue weighted by molar-refractivity contribution is 6.31. The molecular weight excluding hydrogens is 422 g/mol. The Bertz CT molecular complexity index is 1210. The number of rotatable bonds is 6. The molecule has 3 aromatic carbocycles. The summed E-state index contributed by atoms with van der Waals surface area (Å²) in [6, 6.07) is 19.7. The largest absolute Gasteiger partial charge is 0.379 e. The number of likely N-dealkylation sites (tertiary alicyclic amines) is 1. The molecule has 1 unspecified atom stereocenters. The second-order valence-electron chi connectivity index (χ2n) is 8.36. The fourth-order valence-corrected chi connectivity index (χ4v) is 4.38. The maximum Gasteiger partial charge on any atom is 0.257 e. The van der Waals surface area contributed by atoms with Crippen LogP contribution in [0.25, 0.3) is 5.57 Å². The Morgan fingerprint density at radius 3 is 2.70 bits per heavy atom. The van der Waals surface area contributed by atoms with Gasteiger partial charge in [0, 0.05) is 43.1 Å². The van der Waals surface area contributed by atoms with Crippen LogP contribution in [0.3, 0.4) is 0 Å². The second kappa shape index (κ2) is 9.03. The summed E-state index contributed by atoms with van der Waals surface area (Å²) in [4.78, 5) is 14.5. The molecule has 168 valence electrons. The summed E-state index contributed by atoms with van der Waals surface area (Å²) in [6.07, 6.45) is 2.35. The van der Waals surface area contributed by atoms with Gasteiger partial charge in [0.05, 0.1) is 16.9 Å². The predicted octanol–water partition coefficient (Wildman–Crippen LogP) is 5.06. The Morgan fingerprint density at radius 1 is 1.03 bits per heavy atom. The minimum absolute atomic E-state index is 0.172. The van der Waals surface area contributed by atoms with E-state index < -0.39 is 11.7 Å². The van der Waals surface area contributed by atoms with Crippen LogP contribution in [0.4, 0.5) is 25.8 Å². The van der Waals surface area contributed by atoms with Gasteiger partial charge in [0.25, 0.3) is 5.91 Å². The number of carbonyl (C=O) groups is 1. The average molecular weight is 447 g/mol. The molecule has 2 heterocycles. The summed E-state index contributed by atoms with van der Waals surface area (Å²) in [6.45, 7) is 2.69. The van der Waals surface area contributed by atoms with Gasteiger partial charge in [-0.2, -0.15) is 0 Å². The van der Waals surface area contributed by atoms with Crippen molar-refractivity contribution in [3.63, 3.8) is 0 Å². The average Bonchev–Trinajstić information content (AvgIpc) is 3.38. The standard InChI is InChI=1S/C26H24F2N4O/c27-21-7-4-8-24-25(21)20(26(33)31-24)14-29-18-9-10-23(22(28)13-18)30-19-11-12-32(16-19)15-17-5-2-1-3-6-17/h1-10,13-14,19,29-30H,11-12,15-16H2,(H,31,33). The number of anilines is 3. The van der Waals surface area contributed by atoms with Gasteiger partial charge in [-0.1, -0.05) is 36.4 Å². The van der Waals surface area contributed by atoms with E-state index in [4.69, 9.17) is 0 Å². The zero-order valence-electron chi connectivity index (χ0n) is 17.9. The Morgan fingerprint density at radius 2 is 1.88 bits per heavy atom. The highest BCUT2D eigenvalue weighted by atomic mass is 19.1. The molecule has 2 aliphatic rings. The molecule has 0 bridgehead atoms. The van der Waals surface area contributed by atoms with Crippen LogP contribution in [0.2, 0.25) is 0 Å². The number of amides is 1. The molecule has 0 spiro atoms. The third kappa shape index (κ3) is 4.59. The number of nitrogens with zero attached hydrogens (tertiary/aromatic N) is 1. The van der Waals surface area contributed by atoms with Crippen molar-refractivity contribution in [2.45, 2.75) is 19.0 Å². The fourth-order valence-electron chi connectivity index (χ4n) is 4.38. The molecule has 5 rings (SSSR count). The quantitative estimate of drug-likeness (QED) is 0.464. The molecule has 3 N–H and O–H groups in total. The molecule has 33 heavy (non-hydrogen) atoms. The number of benzene rings is 3. The summed E-state index contributed by atoms with van der Waals surface area (Å²) in [7, 11) is 0. The molecule has 2 aliphatic heterocycles. The highest BCUT2D eigenvalue weighted by Gasteiger charge is 2.27. The number of carbonyl (C=O) groups excluding carboxylic acids is 1. The van der Waals surface area contributed by atoms with E-state index >= 15 is 0 Å². The molecule has 5 nitrogen and oxygen atoms in total. The molecular formula is C26H24F2N4O. The molecule has 0 radical (unpaired) electrons. The van der Waals surface area contributed by atoms with Crippen molar-refractivity contribution in [2.24, 2.45) is 0 Å². The Kier molecular flexibility index (Phi) is 5.79. The number of hydrogen-bond donors (Lipinski definition) is 3. The zero-order valence-corrected chi connectivity index (χ0v) is 17.9. The van der Waals surface area contributed by atoms with E-state index in [1.54, 1.807) is 18.2 Å². The first-order valence-corrected chi connectivity index (χ1v) is 11.0. The van der Waals surface area contributed by atoms with Gasteiger partial charge in [-0.15, -0.1) is 0 Å². The first kappa shape index (κ1) is 21.2. The lowest BCUT2D eigenvalue weighted by atomic mass is 10.1. The van der Waals surface area contributed by atoms with E-state index in [0.29, 0.717) is 17.1 Å². The number of hydrogen-bond acceptors (Lipinski definition) is 4. The van der Waals surface area contributed by atoms with Gasteiger partial charge < -0.3 is 16.0 Å². The Hall–Kier alpha value is -3.71. The molecule has 0 aromatic heterocycles. The van der Waals surface area contributed by atoms with Crippen LogP contribution in [-0.2, 0) is 11.3 Å². The summed E-state index contributed by atoms with van der Waals surface area (Å²) in [5.41, 5.74) is 3.00. The molecule has 1 fully saturated rings. The number of nitrogens with one attached hydrogen (secondary N) is 3. The van der Waals surface area contributed by atoms with Crippen molar-refractivity contribution in [1.82, 2.24) is 4.90 Å². The van der Waals surface area contributed by atoms with Crippen molar-refractivity contribution >= 4 is 28.5 Å². The van der Waals surface area contributed by atoms with Crippen LogP contribution in [0.1, 0.15) is 17.5 Å². The van der Waals surface area contributed by atoms with Gasteiger partial charge in [0.15, 0.2) is 0 Å². The van der Waals surface area contributed by atoms with Crippen LogP contribution in [0, 0.1) is 11.6 Å². The summed E-state index contributed by atoms with van der Waals surface area (Å²) in [5, 5.41) is 8.85. The Balaban J connectivity index is 1.22. The molecule has 1 atom stereocenters. The van der Waals surface area contributed by atoms with Crippen LogP contribution >= 0.6 is 0 Å². The van der Waals surface area contributed by atoms with Gasteiger partial charge in [-0.05, 0) is 42.3 Å². The minimum atomic E-state index is -0.484. The zero-order chi connectivity index (χ0) is 22.8. The van der Waals surface area contributed by atoms with Gasteiger partial charge >= 0.3 is 0 Å². The van der Waals surface area contributed by atoms with Gasteiger partial charge in [0.1, 0.15) is 11.6 Å². The van der Waals surface area contributed by atoms with E-state index in [-0.39, 0.29) is 23.0 Å². The van der Waals surface area contributed by atoms with E-state index in [1.165, 1.54) is 30.0 Å². The highest BCUT2D eigenvalue weighted by Crippen LogP contribution is 2.33. The topological polar surface area (TPSA) is 56.4 Å². The van der Waals surface area contributed by atoms with E-state index in [0.717, 1.165) is 26.1 Å². The third-order valence-electron chi connectivity index (χ3n) is 6.01. The van der Waals surface area contributed by atoms with E-state index in [2.05, 4.69) is 33.0 Å². The fraction of sp³-hybridized carbons (Fsp3) is 0.192. The first-order valence-electron chi connectivity index (χ1n) is 11.0. The number of fused-ring (bicyclic) bond motifs is 1. The summed E-state index contributed by atoms with van der Waals surface area (Å²) < 4.78 is 28.9. The van der Waals surface area contributed by atoms with Crippen molar-refractivity contribution < 1.29 is 13.6 Å². The molecule has 7 heteroatoms. The van der Waals surface area contributed by atoms with Gasteiger partial charge in [-0.25, -0.2) is 8.78 Å². The maximum atomic E-state index is 14.8. The third-order valence-corrected chi connectivity index (χ3v) is 6.01. The second-order valence-corrected chi connectivity index (χ2v) is 8.36.